The molecule has 0 N–H and O–H groups in total. The van der Waals surface area contributed by atoms with Crippen molar-refractivity contribution in [3.05, 3.63) is 30.3 Å². The van der Waals surface area contributed by atoms with Crippen LogP contribution in [0.5, 0.6) is 0 Å². The molecule has 1 atom stereocenters. The Morgan fingerprint density at radius 1 is 1.33 bits per heavy atom. The Hall–Kier alpha value is 0.0100. The normalized spacial score (nSPS) is 12.7. The first-order valence-corrected chi connectivity index (χ1v) is 7.04. The largest absolute Gasteiger partial charge is 0.384 e. The van der Waals surface area contributed by atoms with E-state index < -0.39 is 0 Å². The molecule has 84 valence electrons. The van der Waals surface area contributed by atoms with E-state index in [2.05, 4.69) is 46.3 Å². The SMILES string of the molecule is COCC(Br)CCCSc1ccccc1. The van der Waals surface area contributed by atoms with Crippen molar-refractivity contribution in [2.75, 3.05) is 19.5 Å². The highest BCUT2D eigenvalue weighted by atomic mass is 79.9. The van der Waals surface area contributed by atoms with Gasteiger partial charge in [0.15, 0.2) is 0 Å². The van der Waals surface area contributed by atoms with Crippen LogP contribution in [0.4, 0.5) is 0 Å². The molecular weight excluding hydrogens is 272 g/mol. The molecule has 0 aliphatic heterocycles. The van der Waals surface area contributed by atoms with Crippen LogP contribution in [0.1, 0.15) is 12.8 Å². The van der Waals surface area contributed by atoms with E-state index in [1.165, 1.54) is 23.5 Å². The van der Waals surface area contributed by atoms with Crippen LogP contribution in [0.25, 0.3) is 0 Å². The fraction of sp³-hybridized carbons (Fsp3) is 0.500. The molecule has 0 aliphatic carbocycles. The molecule has 0 bridgehead atoms. The van der Waals surface area contributed by atoms with Crippen LogP contribution in [-0.2, 0) is 4.74 Å². The van der Waals surface area contributed by atoms with Gasteiger partial charge in [-0.05, 0) is 30.7 Å². The third kappa shape index (κ3) is 6.23. The number of hydrogen-bond acceptors (Lipinski definition) is 2. The van der Waals surface area contributed by atoms with Gasteiger partial charge in [-0.15, -0.1) is 11.8 Å². The van der Waals surface area contributed by atoms with Gasteiger partial charge in [-0.3, -0.25) is 0 Å². The predicted octanol–water partition coefficient (Wildman–Crippen LogP) is 3.97. The maximum Gasteiger partial charge on any atom is 0.0587 e. The quantitative estimate of drug-likeness (QED) is 0.427. The molecule has 0 spiro atoms. The molecule has 0 radical (unpaired) electrons. The monoisotopic (exact) mass is 288 g/mol. The summed E-state index contributed by atoms with van der Waals surface area (Å²) in [6.07, 6.45) is 2.40. The lowest BCUT2D eigenvalue weighted by molar-refractivity contribution is 0.198. The topological polar surface area (TPSA) is 9.23 Å². The van der Waals surface area contributed by atoms with Crippen LogP contribution in [0.3, 0.4) is 0 Å². The first-order valence-electron chi connectivity index (χ1n) is 5.14. The Labute approximate surface area is 105 Å². The lowest BCUT2D eigenvalue weighted by Crippen LogP contribution is -2.06. The highest BCUT2D eigenvalue weighted by Gasteiger charge is 2.02. The van der Waals surface area contributed by atoms with Gasteiger partial charge in [0.25, 0.3) is 0 Å². The zero-order valence-electron chi connectivity index (χ0n) is 8.99. The molecule has 0 saturated heterocycles. The summed E-state index contributed by atoms with van der Waals surface area (Å²) in [5, 5.41) is 0. The van der Waals surface area contributed by atoms with Gasteiger partial charge < -0.3 is 4.74 Å². The Balaban J connectivity index is 2.07. The third-order valence-corrected chi connectivity index (χ3v) is 3.84. The number of hydrogen-bond donors (Lipinski definition) is 0. The van der Waals surface area contributed by atoms with E-state index in [0.29, 0.717) is 4.83 Å². The number of thioether (sulfide) groups is 1. The van der Waals surface area contributed by atoms with Crippen LogP contribution < -0.4 is 0 Å². The van der Waals surface area contributed by atoms with Gasteiger partial charge in [0.1, 0.15) is 0 Å². The molecule has 0 aliphatic rings. The van der Waals surface area contributed by atoms with Gasteiger partial charge in [0.05, 0.1) is 6.61 Å². The molecule has 0 heterocycles. The molecule has 15 heavy (non-hydrogen) atoms. The van der Waals surface area contributed by atoms with Crippen molar-refractivity contribution in [1.82, 2.24) is 0 Å². The minimum Gasteiger partial charge on any atom is -0.384 e. The van der Waals surface area contributed by atoms with Gasteiger partial charge >= 0.3 is 0 Å². The summed E-state index contributed by atoms with van der Waals surface area (Å²) < 4.78 is 5.07. The summed E-state index contributed by atoms with van der Waals surface area (Å²) in [6, 6.07) is 10.5. The Bertz CT molecular complexity index is 253. The first kappa shape index (κ1) is 13.1. The van der Waals surface area contributed by atoms with Crippen LogP contribution in [0.15, 0.2) is 35.2 Å². The number of ether oxygens (including phenoxy) is 1. The summed E-state index contributed by atoms with van der Waals surface area (Å²) in [5.41, 5.74) is 0. The number of rotatable bonds is 7. The maximum atomic E-state index is 5.07. The van der Waals surface area contributed by atoms with E-state index in [0.717, 1.165) is 6.61 Å². The summed E-state index contributed by atoms with van der Waals surface area (Å²) in [7, 11) is 1.74. The third-order valence-electron chi connectivity index (χ3n) is 2.02. The molecule has 1 aromatic carbocycles. The molecule has 0 aromatic heterocycles. The Morgan fingerprint density at radius 2 is 2.07 bits per heavy atom. The number of benzene rings is 1. The van der Waals surface area contributed by atoms with Crippen LogP contribution in [0.2, 0.25) is 0 Å². The molecular formula is C12H17BrOS. The predicted molar refractivity (Wildman–Crippen MR) is 71.0 cm³/mol. The second-order valence-corrected chi connectivity index (χ2v) is 5.82. The van der Waals surface area contributed by atoms with Gasteiger partial charge in [-0.2, -0.15) is 0 Å². The molecule has 1 nitrogen and oxygen atoms in total. The van der Waals surface area contributed by atoms with Crippen molar-refractivity contribution in [1.29, 1.82) is 0 Å². The number of halogens is 1. The summed E-state index contributed by atoms with van der Waals surface area (Å²) in [6.45, 7) is 0.802. The van der Waals surface area contributed by atoms with Gasteiger partial charge in [0, 0.05) is 16.8 Å². The minimum atomic E-state index is 0.499. The van der Waals surface area contributed by atoms with Crippen LogP contribution >= 0.6 is 27.7 Å². The zero-order chi connectivity index (χ0) is 10.9. The van der Waals surface area contributed by atoms with E-state index in [4.69, 9.17) is 4.74 Å². The average Bonchev–Trinajstić information content (AvgIpc) is 2.26. The number of methoxy groups -OCH3 is 1. The zero-order valence-corrected chi connectivity index (χ0v) is 11.4. The smallest absolute Gasteiger partial charge is 0.0587 e. The highest BCUT2D eigenvalue weighted by Crippen LogP contribution is 2.19. The second-order valence-electron chi connectivity index (χ2n) is 3.36. The molecule has 1 rings (SSSR count). The lowest BCUT2D eigenvalue weighted by Gasteiger charge is -2.07. The molecule has 3 heteroatoms. The summed E-state index contributed by atoms with van der Waals surface area (Å²) in [4.78, 5) is 1.86. The van der Waals surface area contributed by atoms with E-state index in [1.54, 1.807) is 7.11 Å². The minimum absolute atomic E-state index is 0.499. The van der Waals surface area contributed by atoms with Crippen molar-refractivity contribution >= 4 is 27.7 Å². The van der Waals surface area contributed by atoms with Gasteiger partial charge in [-0.25, -0.2) is 0 Å². The van der Waals surface area contributed by atoms with Crippen molar-refractivity contribution in [2.24, 2.45) is 0 Å². The average molecular weight is 289 g/mol. The van der Waals surface area contributed by atoms with Gasteiger partial charge in [0.2, 0.25) is 0 Å². The fourth-order valence-corrected chi connectivity index (χ4v) is 2.76. The maximum absolute atomic E-state index is 5.07. The standard InChI is InChI=1S/C12H17BrOS/c1-14-10-11(13)6-5-9-15-12-7-3-2-4-8-12/h2-4,7-8,11H,5-6,9-10H2,1H3. The van der Waals surface area contributed by atoms with Gasteiger partial charge in [-0.1, -0.05) is 34.1 Å². The highest BCUT2D eigenvalue weighted by molar-refractivity contribution is 9.09. The van der Waals surface area contributed by atoms with Crippen molar-refractivity contribution < 1.29 is 4.74 Å². The Kier molecular flexibility index (Phi) is 7.14. The molecule has 0 fully saturated rings. The second kappa shape index (κ2) is 8.20. The van der Waals surface area contributed by atoms with Crippen LogP contribution in [0, 0.1) is 0 Å². The number of alkyl halides is 1. The van der Waals surface area contributed by atoms with E-state index >= 15 is 0 Å². The molecule has 0 amide bonds. The molecule has 0 saturated carbocycles. The van der Waals surface area contributed by atoms with Crippen molar-refractivity contribution in [2.45, 2.75) is 22.6 Å². The first-order chi connectivity index (χ1) is 7.33. The van der Waals surface area contributed by atoms with E-state index in [1.807, 2.05) is 11.8 Å². The van der Waals surface area contributed by atoms with E-state index in [-0.39, 0.29) is 0 Å². The summed E-state index contributed by atoms with van der Waals surface area (Å²) in [5.74, 6) is 1.18. The van der Waals surface area contributed by atoms with Crippen molar-refractivity contribution in [3.8, 4) is 0 Å². The lowest BCUT2D eigenvalue weighted by atomic mass is 10.3. The Morgan fingerprint density at radius 3 is 2.73 bits per heavy atom. The summed E-state index contributed by atoms with van der Waals surface area (Å²) >= 11 is 5.51. The van der Waals surface area contributed by atoms with E-state index in [9.17, 15) is 0 Å². The van der Waals surface area contributed by atoms with Crippen LogP contribution in [-0.4, -0.2) is 24.3 Å². The van der Waals surface area contributed by atoms with Crippen molar-refractivity contribution in [3.63, 3.8) is 0 Å². The molecule has 1 aromatic rings. The fourth-order valence-electron chi connectivity index (χ4n) is 1.28. The molecule has 1 unspecified atom stereocenters.